The topological polar surface area (TPSA) is 30.5 Å². The Balaban J connectivity index is 1.49. The zero-order chi connectivity index (χ0) is 12.8. The summed E-state index contributed by atoms with van der Waals surface area (Å²) in [5.74, 6) is 2.99. The van der Waals surface area contributed by atoms with Crippen LogP contribution in [0, 0.1) is 17.8 Å². The molecule has 0 spiro atoms. The van der Waals surface area contributed by atoms with E-state index in [4.69, 9.17) is 9.47 Å². The Kier molecular flexibility index (Phi) is 5.93. The van der Waals surface area contributed by atoms with Gasteiger partial charge in [0.15, 0.2) is 0 Å². The van der Waals surface area contributed by atoms with Gasteiger partial charge in [-0.2, -0.15) is 0 Å². The zero-order valence-electron chi connectivity index (χ0n) is 12.0. The van der Waals surface area contributed by atoms with Crippen molar-refractivity contribution in [2.45, 2.75) is 45.1 Å². The minimum Gasteiger partial charge on any atom is -0.385 e. The average Bonchev–Trinajstić information content (AvgIpc) is 2.99. The molecule has 0 aromatic carbocycles. The van der Waals surface area contributed by atoms with Crippen LogP contribution < -0.4 is 5.32 Å². The minimum absolute atomic E-state index is 0.669. The van der Waals surface area contributed by atoms with Crippen LogP contribution in [0.2, 0.25) is 0 Å². The molecular weight excluding hydrogens is 226 g/mol. The lowest BCUT2D eigenvalue weighted by Crippen LogP contribution is -2.38. The van der Waals surface area contributed by atoms with E-state index in [1.54, 1.807) is 7.11 Å². The summed E-state index contributed by atoms with van der Waals surface area (Å²) in [5, 5.41) is 3.64. The van der Waals surface area contributed by atoms with Crippen molar-refractivity contribution in [3.8, 4) is 0 Å². The fourth-order valence-electron chi connectivity index (χ4n) is 3.82. The van der Waals surface area contributed by atoms with Gasteiger partial charge in [-0.05, 0) is 50.4 Å². The first-order valence-electron chi connectivity index (χ1n) is 7.61. The van der Waals surface area contributed by atoms with Gasteiger partial charge in [-0.3, -0.25) is 0 Å². The predicted molar refractivity (Wildman–Crippen MR) is 73.7 cm³/mol. The molecule has 2 bridgehead atoms. The van der Waals surface area contributed by atoms with Gasteiger partial charge < -0.3 is 14.8 Å². The molecule has 0 aromatic rings. The molecule has 2 fully saturated rings. The molecule has 0 radical (unpaired) electrons. The quantitative estimate of drug-likeness (QED) is 0.642. The first kappa shape index (κ1) is 14.3. The van der Waals surface area contributed by atoms with Gasteiger partial charge in [-0.25, -0.2) is 0 Å². The fourth-order valence-corrected chi connectivity index (χ4v) is 3.82. The van der Waals surface area contributed by atoms with Crippen molar-refractivity contribution in [2.24, 2.45) is 17.8 Å². The molecule has 0 aliphatic heterocycles. The summed E-state index contributed by atoms with van der Waals surface area (Å²) in [7, 11) is 1.73. The minimum atomic E-state index is 0.669. The molecule has 2 aliphatic rings. The second-order valence-corrected chi connectivity index (χ2v) is 6.04. The molecule has 2 aliphatic carbocycles. The Bertz CT molecular complexity index is 235. The molecule has 2 rings (SSSR count). The first-order valence-corrected chi connectivity index (χ1v) is 7.61. The van der Waals surface area contributed by atoms with Gasteiger partial charge in [0.25, 0.3) is 0 Å². The smallest absolute Gasteiger partial charge is 0.0591 e. The summed E-state index contributed by atoms with van der Waals surface area (Å²) in [6.45, 7) is 5.79. The molecule has 106 valence electrons. The number of hydrogen-bond acceptors (Lipinski definition) is 3. The van der Waals surface area contributed by atoms with Crippen molar-refractivity contribution < 1.29 is 9.47 Å². The highest BCUT2D eigenvalue weighted by molar-refractivity contribution is 4.93. The molecule has 3 nitrogen and oxygen atoms in total. The third-order valence-electron chi connectivity index (χ3n) is 4.78. The summed E-state index contributed by atoms with van der Waals surface area (Å²) in [6, 6.07) is 0.669. The van der Waals surface area contributed by atoms with Crippen LogP contribution in [0.3, 0.4) is 0 Å². The van der Waals surface area contributed by atoms with E-state index >= 15 is 0 Å². The first-order chi connectivity index (χ1) is 8.81. The van der Waals surface area contributed by atoms with Gasteiger partial charge in [0, 0.05) is 32.9 Å². The maximum absolute atomic E-state index is 5.57. The SMILES string of the molecule is COCCCOCCNC(C)C1CC2CCC1C2. The van der Waals surface area contributed by atoms with E-state index in [1.165, 1.54) is 25.7 Å². The van der Waals surface area contributed by atoms with E-state index in [0.29, 0.717) is 6.04 Å². The highest BCUT2D eigenvalue weighted by atomic mass is 16.5. The number of rotatable bonds is 9. The van der Waals surface area contributed by atoms with E-state index in [0.717, 1.165) is 50.5 Å². The van der Waals surface area contributed by atoms with Gasteiger partial charge in [0.05, 0.1) is 6.61 Å². The Morgan fingerprint density at radius 3 is 2.72 bits per heavy atom. The van der Waals surface area contributed by atoms with Crippen LogP contribution >= 0.6 is 0 Å². The second kappa shape index (κ2) is 7.46. The van der Waals surface area contributed by atoms with Crippen molar-refractivity contribution in [2.75, 3.05) is 33.5 Å². The number of hydrogen-bond donors (Lipinski definition) is 1. The summed E-state index contributed by atoms with van der Waals surface area (Å²) in [4.78, 5) is 0. The molecule has 0 heterocycles. The van der Waals surface area contributed by atoms with Crippen LogP contribution in [0.15, 0.2) is 0 Å². The average molecular weight is 255 g/mol. The molecule has 0 aromatic heterocycles. The van der Waals surface area contributed by atoms with Crippen LogP contribution in [-0.2, 0) is 9.47 Å². The summed E-state index contributed by atoms with van der Waals surface area (Å²) >= 11 is 0. The molecule has 1 N–H and O–H groups in total. The lowest BCUT2D eigenvalue weighted by molar-refractivity contribution is 0.101. The molecular formula is C15H29NO2. The Morgan fingerprint density at radius 1 is 1.17 bits per heavy atom. The van der Waals surface area contributed by atoms with Crippen molar-refractivity contribution in [1.29, 1.82) is 0 Å². The maximum Gasteiger partial charge on any atom is 0.0591 e. The summed E-state index contributed by atoms with van der Waals surface area (Å²) in [5.41, 5.74) is 0. The Morgan fingerprint density at radius 2 is 2.06 bits per heavy atom. The van der Waals surface area contributed by atoms with Gasteiger partial charge in [0.2, 0.25) is 0 Å². The molecule has 4 unspecified atom stereocenters. The predicted octanol–water partition coefficient (Wildman–Crippen LogP) is 2.45. The molecule has 0 amide bonds. The number of fused-ring (bicyclic) bond motifs is 2. The van der Waals surface area contributed by atoms with Crippen molar-refractivity contribution in [1.82, 2.24) is 5.32 Å². The molecule has 3 heteroatoms. The number of ether oxygens (including phenoxy) is 2. The van der Waals surface area contributed by atoms with Gasteiger partial charge in [0.1, 0.15) is 0 Å². The van der Waals surface area contributed by atoms with Crippen LogP contribution in [0.25, 0.3) is 0 Å². The van der Waals surface area contributed by atoms with Crippen LogP contribution in [0.5, 0.6) is 0 Å². The summed E-state index contributed by atoms with van der Waals surface area (Å²) in [6.07, 6.45) is 6.95. The van der Waals surface area contributed by atoms with Gasteiger partial charge >= 0.3 is 0 Å². The highest BCUT2D eigenvalue weighted by Crippen LogP contribution is 2.49. The number of nitrogens with one attached hydrogen (secondary N) is 1. The zero-order valence-corrected chi connectivity index (χ0v) is 12.0. The Labute approximate surface area is 112 Å². The standard InChI is InChI=1S/C15H29NO2/c1-12(15-11-13-4-5-14(15)10-13)16-6-9-18-8-3-7-17-2/h12-16H,3-11H2,1-2H3. The molecule has 18 heavy (non-hydrogen) atoms. The highest BCUT2D eigenvalue weighted by Gasteiger charge is 2.41. The van der Waals surface area contributed by atoms with Crippen LogP contribution in [0.1, 0.15) is 39.0 Å². The van der Waals surface area contributed by atoms with Gasteiger partial charge in [-0.15, -0.1) is 0 Å². The lowest BCUT2D eigenvalue weighted by atomic mass is 9.84. The monoisotopic (exact) mass is 255 g/mol. The summed E-state index contributed by atoms with van der Waals surface area (Å²) < 4.78 is 10.6. The van der Waals surface area contributed by atoms with E-state index in [-0.39, 0.29) is 0 Å². The van der Waals surface area contributed by atoms with E-state index < -0.39 is 0 Å². The molecule has 0 saturated heterocycles. The van der Waals surface area contributed by atoms with E-state index in [1.807, 2.05) is 0 Å². The second-order valence-electron chi connectivity index (χ2n) is 6.04. The third-order valence-corrected chi connectivity index (χ3v) is 4.78. The maximum atomic E-state index is 5.57. The normalized spacial score (nSPS) is 32.0. The fraction of sp³-hybridized carbons (Fsp3) is 1.00. The Hall–Kier alpha value is -0.120. The molecule has 2 saturated carbocycles. The lowest BCUT2D eigenvalue weighted by Gasteiger charge is -2.28. The van der Waals surface area contributed by atoms with Crippen molar-refractivity contribution >= 4 is 0 Å². The van der Waals surface area contributed by atoms with E-state index in [9.17, 15) is 0 Å². The van der Waals surface area contributed by atoms with Crippen LogP contribution in [0.4, 0.5) is 0 Å². The van der Waals surface area contributed by atoms with Crippen molar-refractivity contribution in [3.05, 3.63) is 0 Å². The van der Waals surface area contributed by atoms with Crippen LogP contribution in [-0.4, -0.2) is 39.5 Å². The molecule has 4 atom stereocenters. The third kappa shape index (κ3) is 3.94. The van der Waals surface area contributed by atoms with E-state index in [2.05, 4.69) is 12.2 Å². The number of methoxy groups -OCH3 is 1. The van der Waals surface area contributed by atoms with Gasteiger partial charge in [-0.1, -0.05) is 6.42 Å². The van der Waals surface area contributed by atoms with Crippen molar-refractivity contribution in [3.63, 3.8) is 0 Å². The largest absolute Gasteiger partial charge is 0.385 e.